The van der Waals surface area contributed by atoms with Gasteiger partial charge in [0.05, 0.1) is 26.4 Å². The van der Waals surface area contributed by atoms with Crippen LogP contribution in [0.1, 0.15) is 427 Å². The molecule has 0 aromatic heterocycles. The molecule has 4 unspecified atom stereocenters. The quantitative estimate of drug-likeness (QED) is 0.0222. The van der Waals surface area contributed by atoms with Crippen molar-refractivity contribution in [2.45, 2.75) is 445 Å². The van der Waals surface area contributed by atoms with Gasteiger partial charge in [-0.25, -0.2) is 9.13 Å². The highest BCUT2D eigenvalue weighted by atomic mass is 31.2. The van der Waals surface area contributed by atoms with Crippen LogP contribution in [0.15, 0.2) is 0 Å². The lowest BCUT2D eigenvalue weighted by molar-refractivity contribution is -0.161. The highest BCUT2D eigenvalue weighted by Gasteiger charge is 2.30. The molecule has 19 heteroatoms. The first-order chi connectivity index (χ1) is 48.4. The van der Waals surface area contributed by atoms with Crippen molar-refractivity contribution in [1.29, 1.82) is 0 Å². The van der Waals surface area contributed by atoms with Gasteiger partial charge in [-0.05, 0) is 37.5 Å². The third-order valence-corrected chi connectivity index (χ3v) is 21.6. The van der Waals surface area contributed by atoms with Gasteiger partial charge >= 0.3 is 39.5 Å². The van der Waals surface area contributed by atoms with E-state index in [0.29, 0.717) is 25.7 Å². The number of carbonyl (C=O) groups excluding carboxylic acids is 4. The molecule has 0 aliphatic heterocycles. The van der Waals surface area contributed by atoms with E-state index in [-0.39, 0.29) is 25.7 Å². The molecule has 0 spiro atoms. The minimum Gasteiger partial charge on any atom is -0.462 e. The molecule has 0 fully saturated rings. The van der Waals surface area contributed by atoms with Crippen molar-refractivity contribution in [3.8, 4) is 0 Å². The molecule has 0 bridgehead atoms. The van der Waals surface area contributed by atoms with Crippen molar-refractivity contribution in [3.63, 3.8) is 0 Å². The third-order valence-electron chi connectivity index (χ3n) is 19.7. The van der Waals surface area contributed by atoms with Crippen molar-refractivity contribution < 1.29 is 80.2 Å². The van der Waals surface area contributed by atoms with E-state index in [0.717, 1.165) is 108 Å². The Balaban J connectivity index is 5.21. The van der Waals surface area contributed by atoms with Crippen LogP contribution in [0.4, 0.5) is 0 Å². The lowest BCUT2D eigenvalue weighted by atomic mass is 9.99. The average molecular weight is 1470 g/mol. The van der Waals surface area contributed by atoms with Gasteiger partial charge in [0, 0.05) is 25.7 Å². The van der Waals surface area contributed by atoms with Gasteiger partial charge in [0.2, 0.25) is 0 Å². The average Bonchev–Trinajstić information content (AvgIpc) is 1.06. The topological polar surface area (TPSA) is 237 Å². The largest absolute Gasteiger partial charge is 0.472 e. The Bertz CT molecular complexity index is 1930. The lowest BCUT2D eigenvalue weighted by Crippen LogP contribution is -2.30. The minimum absolute atomic E-state index is 0.107. The summed E-state index contributed by atoms with van der Waals surface area (Å²) in [5, 5.41) is 10.6. The lowest BCUT2D eigenvalue weighted by Gasteiger charge is -2.21. The molecule has 0 rings (SSSR count). The number of aliphatic hydroxyl groups is 1. The fourth-order valence-electron chi connectivity index (χ4n) is 12.5. The molecule has 0 aromatic rings. The summed E-state index contributed by atoms with van der Waals surface area (Å²) in [5.41, 5.74) is 0. The highest BCUT2D eigenvalue weighted by molar-refractivity contribution is 7.47. The summed E-state index contributed by atoms with van der Waals surface area (Å²) >= 11 is 0. The van der Waals surface area contributed by atoms with E-state index in [1.807, 2.05) is 0 Å². The first-order valence-electron chi connectivity index (χ1n) is 42.1. The van der Waals surface area contributed by atoms with Gasteiger partial charge in [-0.3, -0.25) is 37.3 Å². The number of hydrogen-bond acceptors (Lipinski definition) is 15. The highest BCUT2D eigenvalue weighted by Crippen LogP contribution is 2.45. The zero-order valence-electron chi connectivity index (χ0n) is 65.5. The van der Waals surface area contributed by atoms with Crippen molar-refractivity contribution in [2.24, 2.45) is 11.8 Å². The first kappa shape index (κ1) is 98.1. The fourth-order valence-corrected chi connectivity index (χ4v) is 14.1. The fraction of sp³-hybridized carbons (Fsp3) is 0.951. The number of ether oxygens (including phenoxy) is 4. The standard InChI is InChI=1S/C81H158O17P2/c1-7-11-13-15-17-19-21-23-28-33-36-40-44-51-57-63-78(83)91-69-76(97-80(85)66-60-54-46-42-38-34-30-27-25-24-26-29-32-35-39-43-49-55-61-73(5)9-3)71-95-99(87,88)93-67-75(82)68-94-100(89,90)96-72-77(70-92-79(84)64-58-52-48-47-50-56-62-74(6)10-4)98-81(86)65-59-53-45-41-37-31-22-20-18-16-14-12-8-2/h73-77,82H,7-72H2,1-6H3,(H,87,88)(H,89,90)/t73?,74?,75-,76-,77-/m1/s1. The zero-order chi connectivity index (χ0) is 73.5. The SMILES string of the molecule is CCCCCCCCCCCCCCCCCC(=O)OC[C@H](COP(=O)(O)OC[C@@H](O)COP(=O)(O)OC[C@@H](COC(=O)CCCCCCCCC(C)CC)OC(=O)CCCCCCCCCCCCCCC)OC(=O)CCCCCCCCCCCCCCCCCCCCC(C)CC. The number of esters is 4. The molecule has 0 saturated carbocycles. The monoisotopic (exact) mass is 1470 g/mol. The number of phosphoric acid groups is 2. The van der Waals surface area contributed by atoms with Gasteiger partial charge in [-0.15, -0.1) is 0 Å². The second-order valence-corrected chi connectivity index (χ2v) is 32.6. The normalized spacial score (nSPS) is 14.4. The van der Waals surface area contributed by atoms with Crippen molar-refractivity contribution in [1.82, 2.24) is 0 Å². The molecular weight excluding hydrogens is 1310 g/mol. The molecule has 3 N–H and O–H groups in total. The summed E-state index contributed by atoms with van der Waals surface area (Å²) in [4.78, 5) is 73.0. The number of unbranched alkanes of at least 4 members (excludes halogenated alkanes) is 48. The predicted molar refractivity (Wildman–Crippen MR) is 409 cm³/mol. The Labute approximate surface area is 613 Å². The summed E-state index contributed by atoms with van der Waals surface area (Å²) in [6.45, 7) is 9.66. The van der Waals surface area contributed by atoms with Crippen LogP contribution in [-0.2, 0) is 65.4 Å². The van der Waals surface area contributed by atoms with Crippen LogP contribution in [0.3, 0.4) is 0 Å². The molecule has 0 radical (unpaired) electrons. The molecule has 0 amide bonds. The van der Waals surface area contributed by atoms with E-state index in [1.54, 1.807) is 0 Å². The molecular formula is C81H158O17P2. The predicted octanol–water partition coefficient (Wildman–Crippen LogP) is 24.3. The second kappa shape index (κ2) is 72.6. The Morgan fingerprint density at radius 3 is 0.710 bits per heavy atom. The molecule has 0 aliphatic rings. The van der Waals surface area contributed by atoms with E-state index in [1.165, 1.54) is 238 Å². The van der Waals surface area contributed by atoms with Gasteiger partial charge in [0.25, 0.3) is 0 Å². The van der Waals surface area contributed by atoms with Gasteiger partial charge in [-0.1, -0.05) is 375 Å². The van der Waals surface area contributed by atoms with Gasteiger partial charge in [0.15, 0.2) is 12.2 Å². The number of carbonyl (C=O) groups is 4. The summed E-state index contributed by atoms with van der Waals surface area (Å²) in [6.07, 6.45) is 62.4. The Morgan fingerprint density at radius 1 is 0.280 bits per heavy atom. The van der Waals surface area contributed by atoms with Crippen molar-refractivity contribution >= 4 is 39.5 Å². The number of rotatable bonds is 80. The maximum Gasteiger partial charge on any atom is 0.472 e. The molecule has 17 nitrogen and oxygen atoms in total. The third kappa shape index (κ3) is 71.7. The summed E-state index contributed by atoms with van der Waals surface area (Å²) < 4.78 is 68.7. The van der Waals surface area contributed by atoms with Gasteiger partial charge < -0.3 is 33.8 Å². The molecule has 0 heterocycles. The number of aliphatic hydroxyl groups excluding tert-OH is 1. The van der Waals surface area contributed by atoms with Gasteiger partial charge in [0.1, 0.15) is 19.3 Å². The van der Waals surface area contributed by atoms with E-state index in [4.69, 9.17) is 37.0 Å². The molecule has 594 valence electrons. The van der Waals surface area contributed by atoms with Crippen LogP contribution < -0.4 is 0 Å². The molecule has 0 aromatic carbocycles. The van der Waals surface area contributed by atoms with Crippen LogP contribution in [0.5, 0.6) is 0 Å². The second-order valence-electron chi connectivity index (χ2n) is 29.6. The number of phosphoric ester groups is 2. The van der Waals surface area contributed by atoms with Crippen LogP contribution in [0.2, 0.25) is 0 Å². The maximum absolute atomic E-state index is 13.1. The smallest absolute Gasteiger partial charge is 0.462 e. The molecule has 7 atom stereocenters. The summed E-state index contributed by atoms with van der Waals surface area (Å²) in [6, 6.07) is 0. The molecule has 0 aliphatic carbocycles. The van der Waals surface area contributed by atoms with E-state index in [2.05, 4.69) is 41.5 Å². The van der Waals surface area contributed by atoms with E-state index < -0.39 is 97.5 Å². The Hall–Kier alpha value is -1.94. The van der Waals surface area contributed by atoms with Crippen LogP contribution >= 0.6 is 15.6 Å². The van der Waals surface area contributed by atoms with E-state index in [9.17, 15) is 43.2 Å². The maximum atomic E-state index is 13.1. The summed E-state index contributed by atoms with van der Waals surface area (Å²) in [5.74, 6) is -0.506. The van der Waals surface area contributed by atoms with Crippen molar-refractivity contribution in [2.75, 3.05) is 39.6 Å². The Kier molecular flexibility index (Phi) is 71.2. The van der Waals surface area contributed by atoms with E-state index >= 15 is 0 Å². The minimum atomic E-state index is -4.96. The number of hydrogen-bond donors (Lipinski definition) is 3. The molecule has 100 heavy (non-hydrogen) atoms. The summed E-state index contributed by atoms with van der Waals surface area (Å²) in [7, 11) is -9.92. The first-order valence-corrected chi connectivity index (χ1v) is 45.1. The van der Waals surface area contributed by atoms with Gasteiger partial charge in [-0.2, -0.15) is 0 Å². The zero-order valence-corrected chi connectivity index (χ0v) is 67.3. The van der Waals surface area contributed by atoms with Crippen LogP contribution in [-0.4, -0.2) is 96.7 Å². The molecule has 0 saturated heterocycles. The van der Waals surface area contributed by atoms with Crippen LogP contribution in [0, 0.1) is 11.8 Å². The van der Waals surface area contributed by atoms with Crippen LogP contribution in [0.25, 0.3) is 0 Å². The Morgan fingerprint density at radius 2 is 0.480 bits per heavy atom. The van der Waals surface area contributed by atoms with Crippen molar-refractivity contribution in [3.05, 3.63) is 0 Å².